The summed E-state index contributed by atoms with van der Waals surface area (Å²) in [6.07, 6.45) is 3.04. The van der Waals surface area contributed by atoms with Crippen LogP contribution in [0.15, 0.2) is 42.6 Å². The van der Waals surface area contributed by atoms with Crippen LogP contribution in [-0.4, -0.2) is 59.7 Å². The molecule has 0 saturated carbocycles. The van der Waals surface area contributed by atoms with Gasteiger partial charge in [0.1, 0.15) is 11.6 Å². The Morgan fingerprint density at radius 2 is 1.77 bits per heavy atom. The first-order valence-electron chi connectivity index (χ1n) is 8.51. The monoisotopic (exact) mass is 371 g/mol. The number of benzene rings is 1. The van der Waals surface area contributed by atoms with Gasteiger partial charge in [-0.1, -0.05) is 12.1 Å². The van der Waals surface area contributed by atoms with Gasteiger partial charge in [0.05, 0.1) is 17.3 Å². The quantitative estimate of drug-likeness (QED) is 0.701. The molecular formula is C18H21N5O2S. The van der Waals surface area contributed by atoms with Crippen LogP contribution in [0.5, 0.6) is 0 Å². The Morgan fingerprint density at radius 1 is 1.04 bits per heavy atom. The molecule has 136 valence electrons. The molecule has 0 radical (unpaired) electrons. The maximum absolute atomic E-state index is 11.7. The molecular weight excluding hydrogens is 350 g/mol. The zero-order valence-electron chi connectivity index (χ0n) is 14.8. The summed E-state index contributed by atoms with van der Waals surface area (Å²) in [6, 6.07) is 12.0. The van der Waals surface area contributed by atoms with Crippen LogP contribution in [0.2, 0.25) is 0 Å². The van der Waals surface area contributed by atoms with Gasteiger partial charge in [0.15, 0.2) is 0 Å². The molecule has 4 rings (SSSR count). The SMILES string of the molecule is Cn1c(-c2ccnc(N3CCN(S(C)(=O)=O)CC3)c2)nc2ccccc21. The number of anilines is 1. The highest BCUT2D eigenvalue weighted by molar-refractivity contribution is 7.88. The van der Waals surface area contributed by atoms with Crippen molar-refractivity contribution in [2.75, 3.05) is 37.3 Å². The third-order valence-corrected chi connectivity index (χ3v) is 6.13. The lowest BCUT2D eigenvalue weighted by Gasteiger charge is -2.34. The fourth-order valence-electron chi connectivity index (χ4n) is 3.38. The minimum Gasteiger partial charge on any atom is -0.354 e. The Morgan fingerprint density at radius 3 is 2.46 bits per heavy atom. The molecule has 0 N–H and O–H groups in total. The van der Waals surface area contributed by atoms with Crippen molar-refractivity contribution >= 4 is 26.9 Å². The van der Waals surface area contributed by atoms with E-state index in [1.807, 2.05) is 37.4 Å². The first-order chi connectivity index (χ1) is 12.4. The largest absolute Gasteiger partial charge is 0.354 e. The highest BCUT2D eigenvalue weighted by Gasteiger charge is 2.24. The van der Waals surface area contributed by atoms with Gasteiger partial charge in [-0.2, -0.15) is 4.31 Å². The number of fused-ring (bicyclic) bond motifs is 1. The standard InChI is InChI=1S/C18H21N5O2S/c1-21-16-6-4-3-5-15(16)20-18(21)14-7-8-19-17(13-14)22-9-11-23(12-10-22)26(2,24)25/h3-8,13H,9-12H2,1-2H3. The minimum absolute atomic E-state index is 0.483. The number of nitrogens with zero attached hydrogens (tertiary/aromatic N) is 5. The number of aryl methyl sites for hydroxylation is 1. The van der Waals surface area contributed by atoms with Gasteiger partial charge in [-0.05, 0) is 24.3 Å². The van der Waals surface area contributed by atoms with Gasteiger partial charge < -0.3 is 9.47 Å². The molecule has 0 atom stereocenters. The van der Waals surface area contributed by atoms with Gasteiger partial charge in [0.25, 0.3) is 0 Å². The number of pyridine rings is 1. The van der Waals surface area contributed by atoms with Crippen molar-refractivity contribution < 1.29 is 8.42 Å². The predicted molar refractivity (Wildman–Crippen MR) is 103 cm³/mol. The summed E-state index contributed by atoms with van der Waals surface area (Å²) in [4.78, 5) is 11.3. The van der Waals surface area contributed by atoms with E-state index in [4.69, 9.17) is 4.98 Å². The molecule has 0 bridgehead atoms. The van der Waals surface area contributed by atoms with Crippen molar-refractivity contribution in [2.45, 2.75) is 0 Å². The van der Waals surface area contributed by atoms with Crippen molar-refractivity contribution in [2.24, 2.45) is 7.05 Å². The summed E-state index contributed by atoms with van der Waals surface area (Å²) >= 11 is 0. The van der Waals surface area contributed by atoms with Crippen LogP contribution in [0.4, 0.5) is 5.82 Å². The van der Waals surface area contributed by atoms with E-state index in [1.54, 1.807) is 6.20 Å². The number of aromatic nitrogens is 3. The molecule has 7 nitrogen and oxygen atoms in total. The molecule has 26 heavy (non-hydrogen) atoms. The second-order valence-electron chi connectivity index (χ2n) is 6.53. The Balaban J connectivity index is 1.62. The van der Waals surface area contributed by atoms with Crippen LogP contribution in [0.1, 0.15) is 0 Å². The van der Waals surface area contributed by atoms with Gasteiger partial charge in [-0.25, -0.2) is 18.4 Å². The molecule has 0 unspecified atom stereocenters. The van der Waals surface area contributed by atoms with Gasteiger partial charge in [0.2, 0.25) is 10.0 Å². The average molecular weight is 371 g/mol. The summed E-state index contributed by atoms with van der Waals surface area (Å²) in [5.74, 6) is 1.74. The average Bonchev–Trinajstić information content (AvgIpc) is 2.98. The molecule has 1 aliphatic heterocycles. The maximum atomic E-state index is 11.7. The molecule has 1 saturated heterocycles. The molecule has 1 fully saturated rings. The van der Waals surface area contributed by atoms with Gasteiger partial charge in [-0.15, -0.1) is 0 Å². The van der Waals surface area contributed by atoms with E-state index in [0.717, 1.165) is 28.2 Å². The van der Waals surface area contributed by atoms with Crippen molar-refractivity contribution in [1.82, 2.24) is 18.8 Å². The number of imidazole rings is 1. The number of piperazine rings is 1. The Hall–Kier alpha value is -2.45. The van der Waals surface area contributed by atoms with Crippen LogP contribution in [0.3, 0.4) is 0 Å². The van der Waals surface area contributed by atoms with E-state index in [-0.39, 0.29) is 0 Å². The summed E-state index contributed by atoms with van der Waals surface area (Å²) in [6.45, 7) is 2.23. The highest BCUT2D eigenvalue weighted by atomic mass is 32.2. The normalized spacial score (nSPS) is 16.3. The Bertz CT molecular complexity index is 1050. The Labute approximate surface area is 152 Å². The van der Waals surface area contributed by atoms with E-state index in [1.165, 1.54) is 10.6 Å². The van der Waals surface area contributed by atoms with E-state index in [0.29, 0.717) is 26.2 Å². The number of hydrogen-bond acceptors (Lipinski definition) is 5. The van der Waals surface area contributed by atoms with Gasteiger partial charge in [-0.3, -0.25) is 0 Å². The Kier molecular flexibility index (Phi) is 4.16. The van der Waals surface area contributed by atoms with Crippen LogP contribution >= 0.6 is 0 Å². The molecule has 0 spiro atoms. The molecule has 1 aromatic carbocycles. The van der Waals surface area contributed by atoms with Crippen molar-refractivity contribution in [1.29, 1.82) is 0 Å². The summed E-state index contributed by atoms with van der Waals surface area (Å²) < 4.78 is 26.9. The summed E-state index contributed by atoms with van der Waals surface area (Å²) in [5, 5.41) is 0. The molecule has 3 aromatic rings. The second-order valence-corrected chi connectivity index (χ2v) is 8.52. The zero-order valence-corrected chi connectivity index (χ0v) is 15.6. The zero-order chi connectivity index (χ0) is 18.3. The highest BCUT2D eigenvalue weighted by Crippen LogP contribution is 2.26. The first kappa shape index (κ1) is 17.0. The molecule has 0 aliphatic carbocycles. The van der Waals surface area contributed by atoms with Crippen molar-refractivity contribution in [3.05, 3.63) is 42.6 Å². The lowest BCUT2D eigenvalue weighted by molar-refractivity contribution is 0.387. The number of rotatable bonds is 3. The minimum atomic E-state index is -3.13. The van der Waals surface area contributed by atoms with Crippen LogP contribution in [0, 0.1) is 0 Å². The fraction of sp³-hybridized carbons (Fsp3) is 0.333. The fourth-order valence-corrected chi connectivity index (χ4v) is 4.21. The predicted octanol–water partition coefficient (Wildman–Crippen LogP) is 1.72. The van der Waals surface area contributed by atoms with E-state index >= 15 is 0 Å². The molecule has 1 aliphatic rings. The van der Waals surface area contributed by atoms with Crippen LogP contribution < -0.4 is 4.90 Å². The second kappa shape index (κ2) is 6.37. The molecule has 0 amide bonds. The van der Waals surface area contributed by atoms with Crippen molar-refractivity contribution in [3.8, 4) is 11.4 Å². The van der Waals surface area contributed by atoms with Crippen LogP contribution in [-0.2, 0) is 17.1 Å². The molecule has 2 aromatic heterocycles. The van der Waals surface area contributed by atoms with E-state index in [9.17, 15) is 8.42 Å². The van der Waals surface area contributed by atoms with Crippen LogP contribution in [0.25, 0.3) is 22.4 Å². The van der Waals surface area contributed by atoms with Crippen molar-refractivity contribution in [3.63, 3.8) is 0 Å². The van der Waals surface area contributed by atoms with Gasteiger partial charge in [0, 0.05) is 45.0 Å². The molecule has 8 heteroatoms. The number of sulfonamides is 1. The van der Waals surface area contributed by atoms with E-state index < -0.39 is 10.0 Å². The number of para-hydroxylation sites is 2. The summed E-state index contributed by atoms with van der Waals surface area (Å²) in [7, 11) is -1.12. The smallest absolute Gasteiger partial charge is 0.211 e. The first-order valence-corrected chi connectivity index (χ1v) is 10.4. The molecule has 3 heterocycles. The maximum Gasteiger partial charge on any atom is 0.211 e. The number of hydrogen-bond donors (Lipinski definition) is 0. The van der Waals surface area contributed by atoms with E-state index in [2.05, 4.69) is 20.5 Å². The lowest BCUT2D eigenvalue weighted by Crippen LogP contribution is -2.48. The topological polar surface area (TPSA) is 71.3 Å². The lowest BCUT2D eigenvalue weighted by atomic mass is 10.2. The van der Waals surface area contributed by atoms with Gasteiger partial charge >= 0.3 is 0 Å². The third-order valence-electron chi connectivity index (χ3n) is 4.82. The summed E-state index contributed by atoms with van der Waals surface area (Å²) in [5.41, 5.74) is 3.05. The third kappa shape index (κ3) is 3.06.